The van der Waals surface area contributed by atoms with E-state index in [-0.39, 0.29) is 5.56 Å². The Kier molecular flexibility index (Phi) is 2.68. The van der Waals surface area contributed by atoms with Crippen LogP contribution in [0.2, 0.25) is 0 Å². The molecule has 0 aliphatic carbocycles. The molecule has 4 heteroatoms. The average molecular weight is 250 g/mol. The van der Waals surface area contributed by atoms with Crippen molar-refractivity contribution in [3.63, 3.8) is 0 Å². The maximum atomic E-state index is 11.6. The Hall–Kier alpha value is -2.75. The van der Waals surface area contributed by atoms with E-state index in [0.717, 1.165) is 0 Å². The van der Waals surface area contributed by atoms with Crippen LogP contribution in [0.4, 0.5) is 0 Å². The lowest BCUT2D eigenvalue weighted by atomic mass is 10.0. The number of para-hydroxylation sites is 1. The van der Waals surface area contributed by atoms with E-state index in [9.17, 15) is 9.90 Å². The number of rotatable bonds is 2. The summed E-state index contributed by atoms with van der Waals surface area (Å²) in [6.45, 7) is 0. The van der Waals surface area contributed by atoms with E-state index < -0.39 is 5.97 Å². The summed E-state index contributed by atoms with van der Waals surface area (Å²) >= 11 is 0. The molecule has 0 bridgehead atoms. The third kappa shape index (κ3) is 1.93. The fourth-order valence-electron chi connectivity index (χ4n) is 2.09. The van der Waals surface area contributed by atoms with Crippen LogP contribution in [-0.4, -0.2) is 21.0 Å². The highest BCUT2D eigenvalue weighted by Crippen LogP contribution is 2.27. The SMILES string of the molecule is O=C(O)c1c(-c2ccccn2)cnc2ccccc12. The molecule has 0 saturated heterocycles. The first-order valence-electron chi connectivity index (χ1n) is 5.80. The minimum atomic E-state index is -0.973. The molecule has 1 aromatic carbocycles. The molecule has 0 aliphatic heterocycles. The Morgan fingerprint density at radius 1 is 1.00 bits per heavy atom. The number of aromatic nitrogens is 2. The predicted octanol–water partition coefficient (Wildman–Crippen LogP) is 3.00. The van der Waals surface area contributed by atoms with Crippen LogP contribution in [0.25, 0.3) is 22.2 Å². The maximum Gasteiger partial charge on any atom is 0.337 e. The molecule has 0 unspecified atom stereocenters. The van der Waals surface area contributed by atoms with E-state index in [1.165, 1.54) is 0 Å². The Balaban J connectivity index is 2.37. The second-order valence-electron chi connectivity index (χ2n) is 4.08. The monoisotopic (exact) mass is 250 g/mol. The Morgan fingerprint density at radius 3 is 2.53 bits per heavy atom. The minimum absolute atomic E-state index is 0.240. The number of pyridine rings is 2. The molecule has 0 amide bonds. The van der Waals surface area contributed by atoms with Crippen molar-refractivity contribution in [2.75, 3.05) is 0 Å². The number of fused-ring (bicyclic) bond motifs is 1. The highest BCUT2D eigenvalue weighted by atomic mass is 16.4. The molecule has 2 aromatic heterocycles. The maximum absolute atomic E-state index is 11.6. The van der Waals surface area contributed by atoms with E-state index in [0.29, 0.717) is 22.2 Å². The van der Waals surface area contributed by atoms with Gasteiger partial charge >= 0.3 is 5.97 Å². The van der Waals surface area contributed by atoms with Crippen molar-refractivity contribution in [2.24, 2.45) is 0 Å². The van der Waals surface area contributed by atoms with Gasteiger partial charge in [0.1, 0.15) is 0 Å². The Labute approximate surface area is 109 Å². The lowest BCUT2D eigenvalue weighted by Gasteiger charge is -2.08. The minimum Gasteiger partial charge on any atom is -0.478 e. The molecule has 92 valence electrons. The van der Waals surface area contributed by atoms with Crippen LogP contribution >= 0.6 is 0 Å². The van der Waals surface area contributed by atoms with Gasteiger partial charge in [-0.1, -0.05) is 24.3 Å². The second-order valence-corrected chi connectivity index (χ2v) is 4.08. The van der Waals surface area contributed by atoms with Gasteiger partial charge in [0, 0.05) is 23.3 Å². The molecule has 4 nitrogen and oxygen atoms in total. The van der Waals surface area contributed by atoms with Gasteiger partial charge in [-0.3, -0.25) is 9.97 Å². The number of benzene rings is 1. The summed E-state index contributed by atoms with van der Waals surface area (Å²) in [6, 6.07) is 12.6. The molecule has 3 rings (SSSR count). The molecule has 0 radical (unpaired) electrons. The molecule has 2 heterocycles. The molecule has 0 aliphatic rings. The van der Waals surface area contributed by atoms with Crippen LogP contribution in [0.15, 0.2) is 54.9 Å². The summed E-state index contributed by atoms with van der Waals surface area (Å²) in [5, 5.41) is 10.1. The Bertz CT molecular complexity index is 754. The number of hydrogen-bond donors (Lipinski definition) is 1. The van der Waals surface area contributed by atoms with Gasteiger partial charge in [0.2, 0.25) is 0 Å². The van der Waals surface area contributed by atoms with Crippen LogP contribution in [0.5, 0.6) is 0 Å². The quantitative estimate of drug-likeness (QED) is 0.759. The Morgan fingerprint density at radius 2 is 1.79 bits per heavy atom. The largest absolute Gasteiger partial charge is 0.478 e. The molecule has 0 spiro atoms. The molecule has 0 saturated carbocycles. The highest BCUT2D eigenvalue weighted by Gasteiger charge is 2.16. The van der Waals surface area contributed by atoms with Gasteiger partial charge in [0.05, 0.1) is 16.8 Å². The third-order valence-corrected chi connectivity index (χ3v) is 2.93. The van der Waals surface area contributed by atoms with Gasteiger partial charge < -0.3 is 5.11 Å². The van der Waals surface area contributed by atoms with Crippen molar-refractivity contribution in [1.82, 2.24) is 9.97 Å². The van der Waals surface area contributed by atoms with Crippen molar-refractivity contribution in [1.29, 1.82) is 0 Å². The van der Waals surface area contributed by atoms with Gasteiger partial charge in [-0.2, -0.15) is 0 Å². The van der Waals surface area contributed by atoms with Gasteiger partial charge in [-0.15, -0.1) is 0 Å². The van der Waals surface area contributed by atoms with Crippen molar-refractivity contribution >= 4 is 16.9 Å². The van der Waals surface area contributed by atoms with E-state index in [1.807, 2.05) is 12.1 Å². The lowest BCUT2D eigenvalue weighted by molar-refractivity contribution is 0.0699. The standard InChI is InChI=1S/C15H10N2O2/c18-15(19)14-10-5-1-2-6-12(10)17-9-11(14)13-7-3-4-8-16-13/h1-9H,(H,18,19). The summed E-state index contributed by atoms with van der Waals surface area (Å²) in [7, 11) is 0. The van der Waals surface area contributed by atoms with Gasteiger partial charge in [-0.25, -0.2) is 4.79 Å². The first kappa shape index (κ1) is 11.3. The summed E-state index contributed by atoms with van der Waals surface area (Å²) < 4.78 is 0. The van der Waals surface area contributed by atoms with Crippen LogP contribution in [-0.2, 0) is 0 Å². The van der Waals surface area contributed by atoms with Gasteiger partial charge in [0.25, 0.3) is 0 Å². The molecule has 19 heavy (non-hydrogen) atoms. The van der Waals surface area contributed by atoms with Crippen molar-refractivity contribution in [2.45, 2.75) is 0 Å². The van der Waals surface area contributed by atoms with E-state index in [4.69, 9.17) is 0 Å². The molecule has 0 atom stereocenters. The zero-order valence-corrected chi connectivity index (χ0v) is 9.95. The first-order chi connectivity index (χ1) is 9.27. The normalized spacial score (nSPS) is 10.5. The zero-order valence-electron chi connectivity index (χ0n) is 9.95. The summed E-state index contributed by atoms with van der Waals surface area (Å²) in [4.78, 5) is 20.0. The highest BCUT2D eigenvalue weighted by molar-refractivity contribution is 6.07. The number of carbonyl (C=O) groups is 1. The van der Waals surface area contributed by atoms with Crippen LogP contribution in [0, 0.1) is 0 Å². The zero-order chi connectivity index (χ0) is 13.2. The molecule has 1 N–H and O–H groups in total. The van der Waals surface area contributed by atoms with Crippen molar-refractivity contribution < 1.29 is 9.90 Å². The number of carboxylic acids is 1. The fourth-order valence-corrected chi connectivity index (χ4v) is 2.09. The molecular weight excluding hydrogens is 240 g/mol. The number of hydrogen-bond acceptors (Lipinski definition) is 3. The number of carboxylic acid groups (broad SMARTS) is 1. The smallest absolute Gasteiger partial charge is 0.337 e. The van der Waals surface area contributed by atoms with Gasteiger partial charge in [0.15, 0.2) is 0 Å². The average Bonchev–Trinajstić information content (AvgIpc) is 2.46. The lowest BCUT2D eigenvalue weighted by Crippen LogP contribution is -2.02. The van der Waals surface area contributed by atoms with Crippen molar-refractivity contribution in [3.05, 3.63) is 60.4 Å². The topological polar surface area (TPSA) is 63.1 Å². The van der Waals surface area contributed by atoms with Gasteiger partial charge in [-0.05, 0) is 18.2 Å². The first-order valence-corrected chi connectivity index (χ1v) is 5.80. The van der Waals surface area contributed by atoms with Crippen LogP contribution in [0.1, 0.15) is 10.4 Å². The van der Waals surface area contributed by atoms with Crippen molar-refractivity contribution in [3.8, 4) is 11.3 Å². The summed E-state index contributed by atoms with van der Waals surface area (Å²) in [5.74, 6) is -0.973. The van der Waals surface area contributed by atoms with Crippen LogP contribution in [0.3, 0.4) is 0 Å². The number of aromatic carboxylic acids is 1. The second kappa shape index (κ2) is 4.49. The fraction of sp³-hybridized carbons (Fsp3) is 0. The van der Waals surface area contributed by atoms with E-state index in [2.05, 4.69) is 9.97 Å². The molecule has 0 fully saturated rings. The van der Waals surface area contributed by atoms with E-state index in [1.54, 1.807) is 42.7 Å². The third-order valence-electron chi connectivity index (χ3n) is 2.93. The summed E-state index contributed by atoms with van der Waals surface area (Å²) in [5.41, 5.74) is 2.05. The predicted molar refractivity (Wildman–Crippen MR) is 71.9 cm³/mol. The molecule has 3 aromatic rings. The number of nitrogens with zero attached hydrogens (tertiary/aromatic N) is 2. The van der Waals surface area contributed by atoms with Crippen LogP contribution < -0.4 is 0 Å². The van der Waals surface area contributed by atoms with E-state index >= 15 is 0 Å². The summed E-state index contributed by atoms with van der Waals surface area (Å²) in [6.07, 6.45) is 3.20. The molecular formula is C15H10N2O2.